The SMILES string of the molecule is Cc1ccc(C2=NOC(c3cc(Cl)cc(Cl)c3)(C(F)(F)F)O2)cc1C. The zero-order valence-corrected chi connectivity index (χ0v) is 14.6. The van der Waals surface area contributed by atoms with Crippen molar-refractivity contribution in [2.45, 2.75) is 25.8 Å². The van der Waals surface area contributed by atoms with Crippen LogP contribution < -0.4 is 0 Å². The molecule has 0 spiro atoms. The van der Waals surface area contributed by atoms with Crippen LogP contribution in [0, 0.1) is 13.8 Å². The average molecular weight is 390 g/mol. The second-order valence-corrected chi connectivity index (χ2v) is 6.53. The molecule has 1 aliphatic rings. The topological polar surface area (TPSA) is 30.8 Å². The molecule has 0 saturated carbocycles. The molecule has 3 nitrogen and oxygen atoms in total. The number of oxime groups is 1. The van der Waals surface area contributed by atoms with E-state index in [0.717, 1.165) is 23.3 Å². The Kier molecular flexibility index (Phi) is 4.37. The molecule has 1 atom stereocenters. The van der Waals surface area contributed by atoms with Crippen LogP contribution in [0.3, 0.4) is 0 Å². The molecule has 1 heterocycles. The summed E-state index contributed by atoms with van der Waals surface area (Å²) in [6.07, 6.45) is -4.91. The number of ether oxygens (including phenoxy) is 1. The summed E-state index contributed by atoms with van der Waals surface area (Å²) in [6.45, 7) is 3.73. The summed E-state index contributed by atoms with van der Waals surface area (Å²) in [6, 6.07) is 8.54. The van der Waals surface area contributed by atoms with Crippen LogP contribution in [0.15, 0.2) is 41.6 Å². The number of alkyl halides is 3. The minimum absolute atomic E-state index is 0.0259. The molecule has 0 fully saturated rings. The predicted octanol–water partition coefficient (Wildman–Crippen LogP) is 5.73. The van der Waals surface area contributed by atoms with Gasteiger partial charge in [0.2, 0.25) is 0 Å². The first kappa shape index (κ1) is 17.9. The Labute approximate surface area is 151 Å². The Hall–Kier alpha value is -1.92. The summed E-state index contributed by atoms with van der Waals surface area (Å²) >= 11 is 11.7. The molecule has 2 aromatic carbocycles. The zero-order chi connectivity index (χ0) is 18.4. The molecular weight excluding hydrogens is 378 g/mol. The first-order valence-corrected chi connectivity index (χ1v) is 7.94. The number of hydrogen-bond donors (Lipinski definition) is 0. The van der Waals surface area contributed by atoms with E-state index in [1.54, 1.807) is 18.2 Å². The second kappa shape index (κ2) is 6.11. The highest BCUT2D eigenvalue weighted by Gasteiger charge is 2.65. The normalized spacial score (nSPS) is 20.0. The van der Waals surface area contributed by atoms with Crippen LogP contribution in [0.25, 0.3) is 0 Å². The summed E-state index contributed by atoms with van der Waals surface area (Å²) < 4.78 is 46.5. The molecule has 8 heteroatoms. The molecule has 0 N–H and O–H groups in total. The third kappa shape index (κ3) is 3.16. The van der Waals surface area contributed by atoms with E-state index in [1.807, 2.05) is 13.8 Å². The van der Waals surface area contributed by atoms with Gasteiger partial charge in [-0.05, 0) is 60.5 Å². The van der Waals surface area contributed by atoms with Crippen LogP contribution in [0.2, 0.25) is 10.0 Å². The highest BCUT2D eigenvalue weighted by atomic mass is 35.5. The van der Waals surface area contributed by atoms with Crippen LogP contribution in [0.1, 0.15) is 22.3 Å². The van der Waals surface area contributed by atoms with Crippen LogP contribution >= 0.6 is 23.2 Å². The van der Waals surface area contributed by atoms with Crippen molar-refractivity contribution in [3.8, 4) is 0 Å². The number of halogens is 5. The smallest absolute Gasteiger partial charge is 0.419 e. The third-order valence-electron chi connectivity index (χ3n) is 3.87. The Balaban J connectivity index is 2.04. The van der Waals surface area contributed by atoms with Crippen LogP contribution in [0.4, 0.5) is 13.2 Å². The fraction of sp³-hybridized carbons (Fsp3) is 0.235. The fourth-order valence-electron chi connectivity index (χ4n) is 2.39. The van der Waals surface area contributed by atoms with Gasteiger partial charge in [-0.2, -0.15) is 13.2 Å². The number of nitrogens with zero attached hydrogens (tertiary/aromatic N) is 1. The van der Waals surface area contributed by atoms with Gasteiger partial charge >= 0.3 is 12.0 Å². The van der Waals surface area contributed by atoms with Gasteiger partial charge in [-0.1, -0.05) is 29.3 Å². The summed E-state index contributed by atoms with van der Waals surface area (Å²) in [5, 5.41) is 3.57. The van der Waals surface area contributed by atoms with Crippen molar-refractivity contribution in [3.63, 3.8) is 0 Å². The molecule has 0 aliphatic carbocycles. The van der Waals surface area contributed by atoms with Gasteiger partial charge < -0.3 is 9.57 Å². The molecule has 0 radical (unpaired) electrons. The molecule has 1 unspecified atom stereocenters. The highest BCUT2D eigenvalue weighted by Crippen LogP contribution is 2.48. The summed E-state index contributed by atoms with van der Waals surface area (Å²) in [5.74, 6) is -3.37. The van der Waals surface area contributed by atoms with E-state index in [1.165, 1.54) is 6.07 Å². The van der Waals surface area contributed by atoms with E-state index in [0.29, 0.717) is 5.56 Å². The van der Waals surface area contributed by atoms with Crippen molar-refractivity contribution < 1.29 is 22.7 Å². The van der Waals surface area contributed by atoms with Gasteiger partial charge in [-0.15, -0.1) is 0 Å². The molecule has 0 saturated heterocycles. The lowest BCUT2D eigenvalue weighted by Gasteiger charge is -2.28. The average Bonchev–Trinajstić information content (AvgIpc) is 2.95. The number of hydrogen-bond acceptors (Lipinski definition) is 3. The Bertz CT molecular complexity index is 847. The Morgan fingerprint density at radius 3 is 2.16 bits per heavy atom. The van der Waals surface area contributed by atoms with Crippen LogP contribution in [-0.2, 0) is 15.4 Å². The van der Waals surface area contributed by atoms with E-state index in [2.05, 4.69) is 5.16 Å². The lowest BCUT2D eigenvalue weighted by Crippen LogP contribution is -2.44. The molecule has 3 rings (SSSR count). The molecule has 132 valence electrons. The van der Waals surface area contributed by atoms with Crippen molar-refractivity contribution in [1.29, 1.82) is 0 Å². The summed E-state index contributed by atoms with van der Waals surface area (Å²) in [5.41, 5.74) is 1.87. The van der Waals surface area contributed by atoms with Gasteiger partial charge in [0.05, 0.1) is 5.56 Å². The van der Waals surface area contributed by atoms with Gasteiger partial charge in [-0.25, -0.2) is 0 Å². The number of benzene rings is 2. The van der Waals surface area contributed by atoms with E-state index >= 15 is 0 Å². The molecule has 1 aliphatic heterocycles. The van der Waals surface area contributed by atoms with E-state index in [9.17, 15) is 13.2 Å². The van der Waals surface area contributed by atoms with Crippen LogP contribution in [-0.4, -0.2) is 12.1 Å². The lowest BCUT2D eigenvalue weighted by molar-refractivity contribution is -0.352. The standard InChI is InChI=1S/C17H12Cl2F3NO2/c1-9-3-4-11(5-10(9)2)15-23-25-16(24-15,17(20,21)22)12-6-13(18)8-14(19)7-12/h3-8H,1-2H3. The van der Waals surface area contributed by atoms with Crippen LogP contribution in [0.5, 0.6) is 0 Å². The van der Waals surface area contributed by atoms with E-state index in [4.69, 9.17) is 32.8 Å². The molecule has 25 heavy (non-hydrogen) atoms. The molecule has 0 bridgehead atoms. The largest absolute Gasteiger partial charge is 0.475 e. The van der Waals surface area contributed by atoms with E-state index < -0.39 is 12.0 Å². The number of rotatable bonds is 2. The maximum absolute atomic E-state index is 13.8. The molecule has 2 aromatic rings. The minimum atomic E-state index is -4.91. The molecular formula is C17H12Cl2F3NO2. The number of aryl methyl sites for hydroxylation is 2. The first-order chi connectivity index (χ1) is 11.6. The van der Waals surface area contributed by atoms with Gasteiger partial charge in [0, 0.05) is 15.6 Å². The highest BCUT2D eigenvalue weighted by molar-refractivity contribution is 6.34. The molecule has 0 aromatic heterocycles. The van der Waals surface area contributed by atoms with Crippen molar-refractivity contribution >= 4 is 29.1 Å². The van der Waals surface area contributed by atoms with Gasteiger partial charge in [0.15, 0.2) is 0 Å². The maximum Gasteiger partial charge on any atom is 0.475 e. The minimum Gasteiger partial charge on any atom is -0.419 e. The van der Waals surface area contributed by atoms with Crippen molar-refractivity contribution in [2.24, 2.45) is 5.16 Å². The van der Waals surface area contributed by atoms with Gasteiger partial charge in [-0.3, -0.25) is 0 Å². The summed E-state index contributed by atoms with van der Waals surface area (Å²) in [4.78, 5) is 4.76. The predicted molar refractivity (Wildman–Crippen MR) is 88.8 cm³/mol. The fourth-order valence-corrected chi connectivity index (χ4v) is 2.92. The quantitative estimate of drug-likeness (QED) is 0.656. The van der Waals surface area contributed by atoms with E-state index in [-0.39, 0.29) is 21.5 Å². The van der Waals surface area contributed by atoms with Crippen molar-refractivity contribution in [2.75, 3.05) is 0 Å². The Morgan fingerprint density at radius 2 is 1.60 bits per heavy atom. The van der Waals surface area contributed by atoms with Gasteiger partial charge in [0.1, 0.15) is 0 Å². The first-order valence-electron chi connectivity index (χ1n) is 7.18. The Morgan fingerprint density at radius 1 is 0.960 bits per heavy atom. The third-order valence-corrected chi connectivity index (χ3v) is 4.30. The van der Waals surface area contributed by atoms with Crippen molar-refractivity contribution in [1.82, 2.24) is 0 Å². The van der Waals surface area contributed by atoms with Crippen molar-refractivity contribution in [3.05, 3.63) is 68.7 Å². The van der Waals surface area contributed by atoms with Gasteiger partial charge in [0.25, 0.3) is 5.90 Å². The monoisotopic (exact) mass is 389 g/mol. The zero-order valence-electron chi connectivity index (χ0n) is 13.1. The lowest BCUT2D eigenvalue weighted by atomic mass is 10.0. The second-order valence-electron chi connectivity index (χ2n) is 5.66. The maximum atomic E-state index is 13.8. The molecule has 0 amide bonds. The summed E-state index contributed by atoms with van der Waals surface area (Å²) in [7, 11) is 0.